The number of carbonyl (C=O) groups is 1. The van der Waals surface area contributed by atoms with Gasteiger partial charge in [0.05, 0.1) is 13.1 Å². The molecule has 1 atom stereocenters. The van der Waals surface area contributed by atoms with E-state index in [-0.39, 0.29) is 16.9 Å². The Morgan fingerprint density at radius 3 is 2.38 bits per heavy atom. The van der Waals surface area contributed by atoms with Crippen molar-refractivity contribution in [2.75, 3.05) is 24.5 Å². The maximum absolute atomic E-state index is 13.6. The molecule has 3 heteroatoms. The summed E-state index contributed by atoms with van der Waals surface area (Å²) in [6.07, 6.45) is 4.72. The Bertz CT molecular complexity index is 883. The summed E-state index contributed by atoms with van der Waals surface area (Å²) < 4.78 is 0. The molecule has 154 valence electrons. The van der Waals surface area contributed by atoms with E-state index in [1.165, 1.54) is 40.9 Å². The highest BCUT2D eigenvalue weighted by Crippen LogP contribution is 2.50. The molecule has 1 fully saturated rings. The molecule has 29 heavy (non-hydrogen) atoms. The lowest BCUT2D eigenvalue weighted by atomic mass is 9.65. The molecule has 2 heterocycles. The van der Waals surface area contributed by atoms with Gasteiger partial charge in [0, 0.05) is 16.6 Å². The number of nitrogens with zero attached hydrogens (tertiary/aromatic N) is 1. The molecule has 2 aliphatic heterocycles. The summed E-state index contributed by atoms with van der Waals surface area (Å²) in [6, 6.07) is 17.4. The maximum atomic E-state index is 13.6. The molecule has 1 amide bonds. The van der Waals surface area contributed by atoms with Gasteiger partial charge < -0.3 is 9.80 Å². The molecule has 0 aliphatic carbocycles. The molecule has 3 nitrogen and oxygen atoms in total. The fraction of sp³-hybridized carbons (Fsp3) is 0.500. The van der Waals surface area contributed by atoms with E-state index in [9.17, 15) is 4.79 Å². The van der Waals surface area contributed by atoms with Crippen molar-refractivity contribution in [1.82, 2.24) is 0 Å². The number of carbonyl (C=O) groups excluding carboxylic acids is 1. The first kappa shape index (κ1) is 20.2. The molecule has 0 radical (unpaired) electrons. The Morgan fingerprint density at radius 1 is 1.00 bits per heavy atom. The van der Waals surface area contributed by atoms with Gasteiger partial charge >= 0.3 is 0 Å². The number of rotatable bonds is 3. The molecule has 1 N–H and O–H groups in total. The summed E-state index contributed by atoms with van der Waals surface area (Å²) in [6.45, 7) is 11.8. The van der Waals surface area contributed by atoms with Crippen LogP contribution in [0.25, 0.3) is 0 Å². The van der Waals surface area contributed by atoms with E-state index in [0.717, 1.165) is 25.2 Å². The Hall–Kier alpha value is -2.13. The summed E-state index contributed by atoms with van der Waals surface area (Å²) in [4.78, 5) is 17.1. The molecule has 0 spiro atoms. The standard InChI is InChI=1S/C26H34N2O/c1-20-13-14-23-22(17-20)26(4,21-11-7-5-8-12-21)19-25(2,3)28(23)24(29)18-27-15-9-6-10-16-27/h5,7-8,11-14,17H,6,9-10,15-16,18-19H2,1-4H3/p+1/t26-/m1/s1. The van der Waals surface area contributed by atoms with Gasteiger partial charge in [-0.15, -0.1) is 0 Å². The van der Waals surface area contributed by atoms with Crippen molar-refractivity contribution in [2.24, 2.45) is 0 Å². The molecule has 4 rings (SSSR count). The van der Waals surface area contributed by atoms with Gasteiger partial charge in [0.25, 0.3) is 5.91 Å². The summed E-state index contributed by atoms with van der Waals surface area (Å²) in [5.74, 6) is 0.270. The van der Waals surface area contributed by atoms with Gasteiger partial charge in [-0.3, -0.25) is 4.79 Å². The summed E-state index contributed by atoms with van der Waals surface area (Å²) in [5.41, 5.74) is 4.61. The number of quaternary nitrogens is 1. The van der Waals surface area contributed by atoms with E-state index < -0.39 is 0 Å². The number of piperidine rings is 1. The topological polar surface area (TPSA) is 24.8 Å². The van der Waals surface area contributed by atoms with E-state index in [0.29, 0.717) is 6.54 Å². The van der Waals surface area contributed by atoms with Crippen molar-refractivity contribution in [1.29, 1.82) is 0 Å². The highest BCUT2D eigenvalue weighted by Gasteiger charge is 2.48. The second-order valence-electron chi connectivity index (χ2n) is 9.92. The first-order chi connectivity index (χ1) is 13.8. The van der Waals surface area contributed by atoms with Crippen LogP contribution in [-0.2, 0) is 10.2 Å². The van der Waals surface area contributed by atoms with Gasteiger partial charge in [0.1, 0.15) is 0 Å². The highest BCUT2D eigenvalue weighted by atomic mass is 16.2. The lowest BCUT2D eigenvalue weighted by Crippen LogP contribution is -3.14. The minimum Gasteiger partial charge on any atom is -0.327 e. The van der Waals surface area contributed by atoms with Crippen LogP contribution in [0.2, 0.25) is 0 Å². The third kappa shape index (κ3) is 3.73. The predicted octanol–water partition coefficient (Wildman–Crippen LogP) is 3.89. The molecule has 2 aliphatic rings. The van der Waals surface area contributed by atoms with Crippen molar-refractivity contribution in [3.63, 3.8) is 0 Å². The number of anilines is 1. The van der Waals surface area contributed by atoms with Crippen molar-refractivity contribution < 1.29 is 9.69 Å². The number of aryl methyl sites for hydroxylation is 1. The van der Waals surface area contributed by atoms with E-state index in [2.05, 4.69) is 81.1 Å². The number of nitrogens with one attached hydrogen (secondary N) is 1. The Morgan fingerprint density at radius 2 is 1.69 bits per heavy atom. The van der Waals surface area contributed by atoms with E-state index >= 15 is 0 Å². The molecule has 0 aromatic heterocycles. The van der Waals surface area contributed by atoms with Gasteiger partial charge in [-0.2, -0.15) is 0 Å². The average molecular weight is 392 g/mol. The zero-order chi connectivity index (χ0) is 20.6. The molecule has 0 bridgehead atoms. The zero-order valence-electron chi connectivity index (χ0n) is 18.4. The lowest BCUT2D eigenvalue weighted by Gasteiger charge is -2.51. The smallest absolute Gasteiger partial charge is 0.282 e. The van der Waals surface area contributed by atoms with Crippen molar-refractivity contribution in [3.8, 4) is 0 Å². The third-order valence-corrected chi connectivity index (χ3v) is 7.00. The monoisotopic (exact) mass is 391 g/mol. The summed E-state index contributed by atoms with van der Waals surface area (Å²) in [5, 5.41) is 0. The van der Waals surface area contributed by atoms with Crippen LogP contribution in [-0.4, -0.2) is 31.1 Å². The first-order valence-electron chi connectivity index (χ1n) is 11.1. The van der Waals surface area contributed by atoms with E-state index in [1.807, 2.05) is 0 Å². The van der Waals surface area contributed by atoms with Crippen LogP contribution in [0.3, 0.4) is 0 Å². The number of likely N-dealkylation sites (tertiary alicyclic amines) is 1. The normalized spacial score (nSPS) is 24.2. The van der Waals surface area contributed by atoms with Gasteiger partial charge in [-0.25, -0.2) is 0 Å². The minimum atomic E-state index is -0.237. The fourth-order valence-electron chi connectivity index (χ4n) is 5.71. The first-order valence-corrected chi connectivity index (χ1v) is 11.1. The number of fused-ring (bicyclic) bond motifs is 1. The SMILES string of the molecule is Cc1ccc2c(c1)[C@@](C)(c1ccccc1)CC(C)(C)N2C(=O)C[NH+]1CCCCC1. The molecule has 1 saturated heterocycles. The van der Waals surface area contributed by atoms with Crippen molar-refractivity contribution in [3.05, 3.63) is 65.2 Å². The zero-order valence-corrected chi connectivity index (χ0v) is 18.4. The van der Waals surface area contributed by atoms with E-state index in [4.69, 9.17) is 0 Å². The van der Waals surface area contributed by atoms with Crippen LogP contribution in [0.15, 0.2) is 48.5 Å². The minimum absolute atomic E-state index is 0.110. The van der Waals surface area contributed by atoms with Gasteiger partial charge in [-0.05, 0) is 63.6 Å². The van der Waals surface area contributed by atoms with Crippen LogP contribution in [0.1, 0.15) is 63.1 Å². The van der Waals surface area contributed by atoms with Crippen molar-refractivity contribution >= 4 is 11.6 Å². The summed E-state index contributed by atoms with van der Waals surface area (Å²) in [7, 11) is 0. The highest BCUT2D eigenvalue weighted by molar-refractivity contribution is 5.97. The Labute approximate surface area is 175 Å². The molecular weight excluding hydrogens is 356 g/mol. The maximum Gasteiger partial charge on any atom is 0.282 e. The van der Waals surface area contributed by atoms with Crippen LogP contribution in [0, 0.1) is 6.92 Å². The number of amides is 1. The van der Waals surface area contributed by atoms with E-state index in [1.54, 1.807) is 0 Å². The van der Waals surface area contributed by atoms with Crippen LogP contribution >= 0.6 is 0 Å². The van der Waals surface area contributed by atoms with Crippen LogP contribution < -0.4 is 9.80 Å². The second kappa shape index (κ2) is 7.60. The van der Waals surface area contributed by atoms with Gasteiger partial charge in [0.15, 0.2) is 6.54 Å². The van der Waals surface area contributed by atoms with Crippen molar-refractivity contribution in [2.45, 2.75) is 64.3 Å². The second-order valence-corrected chi connectivity index (χ2v) is 9.92. The molecule has 0 saturated carbocycles. The van der Waals surface area contributed by atoms with Crippen LogP contribution in [0.4, 0.5) is 5.69 Å². The average Bonchev–Trinajstić information content (AvgIpc) is 2.69. The van der Waals surface area contributed by atoms with Gasteiger partial charge in [0.2, 0.25) is 0 Å². The molecule has 0 unspecified atom stereocenters. The number of benzene rings is 2. The molecule has 2 aromatic rings. The predicted molar refractivity (Wildman–Crippen MR) is 120 cm³/mol. The quantitative estimate of drug-likeness (QED) is 0.844. The van der Waals surface area contributed by atoms with Crippen LogP contribution in [0.5, 0.6) is 0 Å². The number of hydrogen-bond donors (Lipinski definition) is 1. The largest absolute Gasteiger partial charge is 0.327 e. The van der Waals surface area contributed by atoms with Gasteiger partial charge in [-0.1, -0.05) is 55.0 Å². The number of hydrogen-bond acceptors (Lipinski definition) is 1. The molecular formula is C26H35N2O+. The fourth-order valence-corrected chi connectivity index (χ4v) is 5.71. The Kier molecular flexibility index (Phi) is 5.29. The lowest BCUT2D eigenvalue weighted by molar-refractivity contribution is -0.896. The Balaban J connectivity index is 1.77. The molecule has 2 aromatic carbocycles. The summed E-state index contributed by atoms with van der Waals surface area (Å²) >= 11 is 0. The third-order valence-electron chi connectivity index (χ3n) is 7.00.